The fourth-order valence-electron chi connectivity index (χ4n) is 1.78. The molecule has 5 heteroatoms. The second-order valence-corrected chi connectivity index (χ2v) is 8.00. The van der Waals surface area contributed by atoms with Gasteiger partial charge in [-0.2, -0.15) is 0 Å². The van der Waals surface area contributed by atoms with Crippen molar-refractivity contribution in [3.05, 3.63) is 45.6 Å². The Hall–Kier alpha value is -1.33. The van der Waals surface area contributed by atoms with Crippen molar-refractivity contribution < 1.29 is 8.42 Å². The first-order chi connectivity index (χ1) is 8.86. The van der Waals surface area contributed by atoms with Crippen molar-refractivity contribution in [1.82, 2.24) is 0 Å². The van der Waals surface area contributed by atoms with E-state index in [-0.39, 0.29) is 0 Å². The highest BCUT2D eigenvalue weighted by Gasteiger charge is 2.09. The van der Waals surface area contributed by atoms with Crippen LogP contribution >= 0.6 is 11.3 Å². The minimum Gasteiger partial charge on any atom is -0.380 e. The lowest BCUT2D eigenvalue weighted by Crippen LogP contribution is -2.03. The van der Waals surface area contributed by atoms with Gasteiger partial charge in [0.05, 0.1) is 4.90 Å². The summed E-state index contributed by atoms with van der Waals surface area (Å²) in [6.07, 6.45) is 1.23. The SMILES string of the molecule is Cc1ccc(CNc2cc(S(C)(=O)=O)ccc2C)s1. The van der Waals surface area contributed by atoms with Crippen molar-refractivity contribution in [2.45, 2.75) is 25.3 Å². The van der Waals surface area contributed by atoms with Crippen LogP contribution in [0.5, 0.6) is 0 Å². The largest absolute Gasteiger partial charge is 0.380 e. The van der Waals surface area contributed by atoms with Gasteiger partial charge in [0, 0.05) is 28.2 Å². The van der Waals surface area contributed by atoms with Crippen molar-refractivity contribution in [3.63, 3.8) is 0 Å². The molecule has 0 saturated carbocycles. The first-order valence-electron chi connectivity index (χ1n) is 5.96. The molecule has 1 aromatic carbocycles. The summed E-state index contributed by atoms with van der Waals surface area (Å²) in [6.45, 7) is 4.75. The maximum absolute atomic E-state index is 11.5. The van der Waals surface area contributed by atoms with Crippen LogP contribution < -0.4 is 5.32 Å². The quantitative estimate of drug-likeness (QED) is 0.940. The molecule has 0 atom stereocenters. The van der Waals surface area contributed by atoms with E-state index >= 15 is 0 Å². The Balaban J connectivity index is 2.20. The van der Waals surface area contributed by atoms with Crippen LogP contribution in [0.3, 0.4) is 0 Å². The summed E-state index contributed by atoms with van der Waals surface area (Å²) in [6, 6.07) is 9.35. The molecule has 0 unspecified atom stereocenters. The fourth-order valence-corrected chi connectivity index (χ4v) is 3.26. The highest BCUT2D eigenvalue weighted by Crippen LogP contribution is 2.22. The van der Waals surface area contributed by atoms with Gasteiger partial charge in [-0.25, -0.2) is 8.42 Å². The summed E-state index contributed by atoms with van der Waals surface area (Å²) >= 11 is 1.74. The van der Waals surface area contributed by atoms with Crippen LogP contribution in [0, 0.1) is 13.8 Å². The van der Waals surface area contributed by atoms with Gasteiger partial charge in [0.2, 0.25) is 0 Å². The first kappa shape index (κ1) is 14.1. The maximum Gasteiger partial charge on any atom is 0.175 e. The molecule has 0 bridgehead atoms. The molecule has 2 rings (SSSR count). The van der Waals surface area contributed by atoms with Gasteiger partial charge < -0.3 is 5.32 Å². The van der Waals surface area contributed by atoms with E-state index < -0.39 is 9.84 Å². The van der Waals surface area contributed by atoms with Gasteiger partial charge in [-0.15, -0.1) is 11.3 Å². The highest BCUT2D eigenvalue weighted by molar-refractivity contribution is 7.90. The molecule has 3 nitrogen and oxygen atoms in total. The lowest BCUT2D eigenvalue weighted by molar-refractivity contribution is 0.602. The number of thiophene rings is 1. The van der Waals surface area contributed by atoms with Gasteiger partial charge in [-0.3, -0.25) is 0 Å². The molecule has 0 aliphatic carbocycles. The lowest BCUT2D eigenvalue weighted by atomic mass is 10.2. The molecule has 0 fully saturated rings. The molecular formula is C14H17NO2S2. The minimum atomic E-state index is -3.16. The second-order valence-electron chi connectivity index (χ2n) is 4.61. The molecule has 19 heavy (non-hydrogen) atoms. The van der Waals surface area contributed by atoms with Crippen LogP contribution in [0.4, 0.5) is 5.69 Å². The van der Waals surface area contributed by atoms with Crippen molar-refractivity contribution in [1.29, 1.82) is 0 Å². The van der Waals surface area contributed by atoms with Crippen molar-refractivity contribution in [3.8, 4) is 0 Å². The Morgan fingerprint density at radius 2 is 1.89 bits per heavy atom. The van der Waals surface area contributed by atoms with Crippen molar-refractivity contribution in [2.24, 2.45) is 0 Å². The summed E-state index contributed by atoms with van der Waals surface area (Å²) in [7, 11) is -3.16. The smallest absolute Gasteiger partial charge is 0.175 e. The van der Waals surface area contributed by atoms with E-state index in [2.05, 4.69) is 24.4 Å². The molecule has 1 N–H and O–H groups in total. The molecule has 2 aromatic rings. The van der Waals surface area contributed by atoms with Gasteiger partial charge in [0.1, 0.15) is 0 Å². The zero-order valence-corrected chi connectivity index (χ0v) is 12.9. The molecular weight excluding hydrogens is 278 g/mol. The van der Waals surface area contributed by atoms with E-state index in [1.807, 2.05) is 13.0 Å². The average molecular weight is 295 g/mol. The summed E-state index contributed by atoms with van der Waals surface area (Å²) in [4.78, 5) is 2.86. The standard InChI is InChI=1S/C14H17NO2S2/c1-10-4-7-13(19(3,16)17)8-14(10)15-9-12-6-5-11(2)18-12/h4-8,15H,9H2,1-3H3. The Bertz CT molecular complexity index is 687. The van der Waals surface area contributed by atoms with E-state index in [0.29, 0.717) is 11.4 Å². The average Bonchev–Trinajstić information content (AvgIpc) is 2.72. The number of anilines is 1. The Morgan fingerprint density at radius 3 is 2.47 bits per heavy atom. The number of hydrogen-bond donors (Lipinski definition) is 1. The zero-order valence-electron chi connectivity index (χ0n) is 11.2. The topological polar surface area (TPSA) is 46.2 Å². The van der Waals surface area contributed by atoms with E-state index in [4.69, 9.17) is 0 Å². The van der Waals surface area contributed by atoms with Gasteiger partial charge in [-0.1, -0.05) is 6.07 Å². The van der Waals surface area contributed by atoms with Crippen molar-refractivity contribution in [2.75, 3.05) is 11.6 Å². The molecule has 1 heterocycles. The van der Waals surface area contributed by atoms with E-state index in [0.717, 1.165) is 11.3 Å². The Kier molecular flexibility index (Phi) is 3.96. The molecule has 0 saturated heterocycles. The Labute approximate surface area is 118 Å². The fraction of sp³-hybridized carbons (Fsp3) is 0.286. The summed E-state index contributed by atoms with van der Waals surface area (Å²) in [5, 5.41) is 3.30. The normalized spacial score (nSPS) is 11.5. The number of benzene rings is 1. The third-order valence-electron chi connectivity index (χ3n) is 2.89. The Morgan fingerprint density at radius 1 is 1.16 bits per heavy atom. The first-order valence-corrected chi connectivity index (χ1v) is 8.67. The molecule has 102 valence electrons. The molecule has 1 aromatic heterocycles. The monoisotopic (exact) mass is 295 g/mol. The maximum atomic E-state index is 11.5. The number of rotatable bonds is 4. The number of aryl methyl sites for hydroxylation is 2. The van der Waals surface area contributed by atoms with Gasteiger partial charge in [0.15, 0.2) is 9.84 Å². The van der Waals surface area contributed by atoms with Crippen LogP contribution in [0.2, 0.25) is 0 Å². The van der Waals surface area contributed by atoms with Gasteiger partial charge in [-0.05, 0) is 43.7 Å². The van der Waals surface area contributed by atoms with Crippen LogP contribution in [-0.4, -0.2) is 14.7 Å². The summed E-state index contributed by atoms with van der Waals surface area (Å²) in [5.74, 6) is 0. The van der Waals surface area contributed by atoms with Gasteiger partial charge >= 0.3 is 0 Å². The number of sulfone groups is 1. The minimum absolute atomic E-state index is 0.350. The summed E-state index contributed by atoms with van der Waals surface area (Å²) < 4.78 is 23.1. The molecule has 0 radical (unpaired) electrons. The third kappa shape index (κ3) is 3.58. The van der Waals surface area contributed by atoms with E-state index in [1.54, 1.807) is 23.5 Å². The van der Waals surface area contributed by atoms with E-state index in [9.17, 15) is 8.42 Å². The van der Waals surface area contributed by atoms with Crippen LogP contribution in [-0.2, 0) is 16.4 Å². The molecule has 0 amide bonds. The van der Waals surface area contributed by atoms with Gasteiger partial charge in [0.25, 0.3) is 0 Å². The van der Waals surface area contributed by atoms with Crippen LogP contribution in [0.1, 0.15) is 15.3 Å². The molecule has 0 aliphatic heterocycles. The molecule has 0 aliphatic rings. The zero-order chi connectivity index (χ0) is 14.0. The predicted octanol–water partition coefficient (Wildman–Crippen LogP) is 3.38. The van der Waals surface area contributed by atoms with E-state index in [1.165, 1.54) is 16.0 Å². The summed E-state index contributed by atoms with van der Waals surface area (Å²) in [5.41, 5.74) is 1.91. The van der Waals surface area contributed by atoms with Crippen LogP contribution in [0.15, 0.2) is 35.2 Å². The second kappa shape index (κ2) is 5.35. The molecule has 0 spiro atoms. The van der Waals surface area contributed by atoms with Crippen LogP contribution in [0.25, 0.3) is 0 Å². The predicted molar refractivity (Wildman–Crippen MR) is 80.7 cm³/mol. The lowest BCUT2D eigenvalue weighted by Gasteiger charge is -2.10. The third-order valence-corrected chi connectivity index (χ3v) is 5.00. The number of hydrogen-bond acceptors (Lipinski definition) is 4. The number of nitrogens with one attached hydrogen (secondary N) is 1. The highest BCUT2D eigenvalue weighted by atomic mass is 32.2. The van der Waals surface area contributed by atoms with Crippen molar-refractivity contribution >= 4 is 26.9 Å².